The summed E-state index contributed by atoms with van der Waals surface area (Å²) in [5, 5.41) is 17.2. The lowest BCUT2D eigenvalue weighted by molar-refractivity contribution is 0.267. The third-order valence-electron chi connectivity index (χ3n) is 4.56. The Hall–Kier alpha value is -1.72. The quantitative estimate of drug-likeness (QED) is 0.781. The predicted molar refractivity (Wildman–Crippen MR) is 94.4 cm³/mol. The van der Waals surface area contributed by atoms with Crippen molar-refractivity contribution in [3.63, 3.8) is 0 Å². The number of rotatable bonds is 8. The summed E-state index contributed by atoms with van der Waals surface area (Å²) in [6.07, 6.45) is 0.862. The fourth-order valence-electron chi connectivity index (χ4n) is 2.95. The molecule has 132 valence electrons. The Balaban J connectivity index is 2.05. The van der Waals surface area contributed by atoms with E-state index >= 15 is 0 Å². The van der Waals surface area contributed by atoms with Crippen molar-refractivity contribution in [2.24, 2.45) is 5.92 Å². The molecular weight excluding hydrogens is 305 g/mol. The zero-order chi connectivity index (χ0) is 17.7. The second kappa shape index (κ2) is 8.40. The maximum absolute atomic E-state index is 13.1. The van der Waals surface area contributed by atoms with Gasteiger partial charge in [-0.05, 0) is 43.9 Å². The minimum Gasteiger partial charge on any atom is -0.394 e. The summed E-state index contributed by atoms with van der Waals surface area (Å²) in [7, 11) is 0. The molecule has 0 aliphatic heterocycles. The van der Waals surface area contributed by atoms with Crippen LogP contribution in [0, 0.1) is 25.6 Å². The summed E-state index contributed by atoms with van der Waals surface area (Å²) in [5.41, 5.74) is 4.41. The standard InChI is InChI=1S/C19H28FN3O/c1-13(2)19(11-16-5-7-17(20)8-6-16)21-12-18-14(3)22-23(9-10-24)15(18)4/h5-8,13,19,21,24H,9-12H2,1-4H3. The molecular formula is C19H28FN3O. The molecule has 1 aromatic heterocycles. The number of aryl methyl sites for hydroxylation is 1. The van der Waals surface area contributed by atoms with E-state index in [4.69, 9.17) is 5.11 Å². The molecule has 0 radical (unpaired) electrons. The topological polar surface area (TPSA) is 50.1 Å². The van der Waals surface area contributed by atoms with E-state index in [1.54, 1.807) is 0 Å². The van der Waals surface area contributed by atoms with Crippen molar-refractivity contribution >= 4 is 0 Å². The summed E-state index contributed by atoms with van der Waals surface area (Å²) >= 11 is 0. The summed E-state index contributed by atoms with van der Waals surface area (Å²) in [5.74, 6) is 0.263. The van der Waals surface area contributed by atoms with Gasteiger partial charge in [-0.1, -0.05) is 26.0 Å². The van der Waals surface area contributed by atoms with E-state index in [-0.39, 0.29) is 12.4 Å². The van der Waals surface area contributed by atoms with Gasteiger partial charge >= 0.3 is 0 Å². The Morgan fingerprint density at radius 1 is 1.21 bits per heavy atom. The Kier molecular flexibility index (Phi) is 6.52. The molecule has 2 N–H and O–H groups in total. The van der Waals surface area contributed by atoms with Crippen LogP contribution in [0.5, 0.6) is 0 Å². The maximum Gasteiger partial charge on any atom is 0.123 e. The lowest BCUT2D eigenvalue weighted by Gasteiger charge is -2.23. The van der Waals surface area contributed by atoms with Crippen LogP contribution in [0.2, 0.25) is 0 Å². The van der Waals surface area contributed by atoms with Crippen molar-refractivity contribution in [2.75, 3.05) is 6.61 Å². The van der Waals surface area contributed by atoms with Gasteiger partial charge in [-0.2, -0.15) is 5.10 Å². The third kappa shape index (κ3) is 4.65. The Morgan fingerprint density at radius 2 is 1.88 bits per heavy atom. The van der Waals surface area contributed by atoms with Crippen molar-refractivity contribution in [2.45, 2.75) is 53.2 Å². The second-order valence-electron chi connectivity index (χ2n) is 6.66. The van der Waals surface area contributed by atoms with Crippen LogP contribution in [0.25, 0.3) is 0 Å². The van der Waals surface area contributed by atoms with E-state index in [1.807, 2.05) is 30.7 Å². The SMILES string of the molecule is Cc1nn(CCO)c(C)c1CNC(Cc1ccc(F)cc1)C(C)C. The van der Waals surface area contributed by atoms with Gasteiger partial charge in [-0.3, -0.25) is 4.68 Å². The fourth-order valence-corrected chi connectivity index (χ4v) is 2.95. The van der Waals surface area contributed by atoms with E-state index in [2.05, 4.69) is 24.3 Å². The normalized spacial score (nSPS) is 12.8. The van der Waals surface area contributed by atoms with Crippen molar-refractivity contribution in [3.05, 3.63) is 52.6 Å². The Labute approximate surface area is 143 Å². The molecule has 2 aromatic rings. The maximum atomic E-state index is 13.1. The summed E-state index contributed by atoms with van der Waals surface area (Å²) < 4.78 is 14.9. The second-order valence-corrected chi connectivity index (χ2v) is 6.66. The number of aromatic nitrogens is 2. The summed E-state index contributed by atoms with van der Waals surface area (Å²) in [6, 6.07) is 7.03. The summed E-state index contributed by atoms with van der Waals surface area (Å²) in [4.78, 5) is 0. The van der Waals surface area contributed by atoms with Gasteiger partial charge in [0.15, 0.2) is 0 Å². The van der Waals surface area contributed by atoms with Gasteiger partial charge in [-0.15, -0.1) is 0 Å². The smallest absolute Gasteiger partial charge is 0.123 e. The van der Waals surface area contributed by atoms with Crippen LogP contribution in [-0.2, 0) is 19.5 Å². The first-order valence-corrected chi connectivity index (χ1v) is 8.54. The highest BCUT2D eigenvalue weighted by Gasteiger charge is 2.17. The van der Waals surface area contributed by atoms with Crippen LogP contribution in [0.1, 0.15) is 36.4 Å². The lowest BCUT2D eigenvalue weighted by Crippen LogP contribution is -2.35. The minimum atomic E-state index is -0.199. The van der Waals surface area contributed by atoms with Crippen molar-refractivity contribution in [1.29, 1.82) is 0 Å². The highest BCUT2D eigenvalue weighted by Crippen LogP contribution is 2.16. The molecule has 2 rings (SSSR count). The van der Waals surface area contributed by atoms with Crippen molar-refractivity contribution in [3.8, 4) is 0 Å². The number of hydrogen-bond donors (Lipinski definition) is 2. The average Bonchev–Trinajstić information content (AvgIpc) is 2.80. The van der Waals surface area contributed by atoms with Gasteiger partial charge in [0.25, 0.3) is 0 Å². The highest BCUT2D eigenvalue weighted by atomic mass is 19.1. The zero-order valence-electron chi connectivity index (χ0n) is 15.0. The lowest BCUT2D eigenvalue weighted by atomic mass is 9.96. The molecule has 0 saturated heterocycles. The molecule has 0 bridgehead atoms. The molecule has 0 aliphatic rings. The molecule has 0 saturated carbocycles. The van der Waals surface area contributed by atoms with Gasteiger partial charge < -0.3 is 10.4 Å². The third-order valence-corrected chi connectivity index (χ3v) is 4.56. The largest absolute Gasteiger partial charge is 0.394 e. The van der Waals surface area contributed by atoms with Crippen LogP contribution >= 0.6 is 0 Å². The van der Waals surface area contributed by atoms with Crippen LogP contribution in [0.3, 0.4) is 0 Å². The van der Waals surface area contributed by atoms with Crippen LogP contribution in [0.15, 0.2) is 24.3 Å². The van der Waals surface area contributed by atoms with E-state index < -0.39 is 0 Å². The molecule has 1 heterocycles. The first kappa shape index (κ1) is 18.6. The van der Waals surface area contributed by atoms with Gasteiger partial charge in [0, 0.05) is 23.8 Å². The van der Waals surface area contributed by atoms with Crippen LogP contribution in [-0.4, -0.2) is 27.5 Å². The van der Waals surface area contributed by atoms with E-state index in [0.29, 0.717) is 18.5 Å². The fraction of sp³-hybridized carbons (Fsp3) is 0.526. The highest BCUT2D eigenvalue weighted by molar-refractivity contribution is 5.24. The van der Waals surface area contributed by atoms with Gasteiger partial charge in [-0.25, -0.2) is 4.39 Å². The van der Waals surface area contributed by atoms with Crippen LogP contribution < -0.4 is 5.32 Å². The van der Waals surface area contributed by atoms with Crippen LogP contribution in [0.4, 0.5) is 4.39 Å². The number of benzene rings is 1. The Bertz CT molecular complexity index is 649. The number of hydrogen-bond acceptors (Lipinski definition) is 3. The van der Waals surface area contributed by atoms with E-state index in [9.17, 15) is 4.39 Å². The monoisotopic (exact) mass is 333 g/mol. The summed E-state index contributed by atoms with van der Waals surface area (Å²) in [6.45, 7) is 9.78. The van der Waals surface area contributed by atoms with E-state index in [0.717, 1.165) is 29.9 Å². The number of aliphatic hydroxyl groups is 1. The number of halogens is 1. The molecule has 1 aromatic carbocycles. The zero-order valence-corrected chi connectivity index (χ0v) is 15.0. The number of aliphatic hydroxyl groups excluding tert-OH is 1. The predicted octanol–water partition coefficient (Wildman–Crippen LogP) is 2.99. The average molecular weight is 333 g/mol. The van der Waals surface area contributed by atoms with Gasteiger partial charge in [0.1, 0.15) is 5.82 Å². The number of nitrogens with zero attached hydrogens (tertiary/aromatic N) is 2. The van der Waals surface area contributed by atoms with Gasteiger partial charge in [0.05, 0.1) is 18.8 Å². The molecule has 0 aliphatic carbocycles. The first-order chi connectivity index (χ1) is 11.4. The Morgan fingerprint density at radius 3 is 2.46 bits per heavy atom. The molecule has 0 spiro atoms. The molecule has 4 nitrogen and oxygen atoms in total. The van der Waals surface area contributed by atoms with Crippen molar-refractivity contribution < 1.29 is 9.50 Å². The van der Waals surface area contributed by atoms with E-state index in [1.165, 1.54) is 17.7 Å². The molecule has 0 fully saturated rings. The molecule has 24 heavy (non-hydrogen) atoms. The van der Waals surface area contributed by atoms with Crippen molar-refractivity contribution in [1.82, 2.24) is 15.1 Å². The minimum absolute atomic E-state index is 0.0913. The molecule has 1 unspecified atom stereocenters. The molecule has 1 atom stereocenters. The van der Waals surface area contributed by atoms with Gasteiger partial charge in [0.2, 0.25) is 0 Å². The number of nitrogens with one attached hydrogen (secondary N) is 1. The first-order valence-electron chi connectivity index (χ1n) is 8.54. The molecule has 0 amide bonds. The molecule has 5 heteroatoms.